The van der Waals surface area contributed by atoms with Crippen molar-refractivity contribution >= 4 is 23.4 Å². The van der Waals surface area contributed by atoms with Crippen LogP contribution in [0.15, 0.2) is 82.4 Å². The molecule has 0 atom stereocenters. The fraction of sp³-hybridized carbons (Fsp3) is 0.0417. The first kappa shape index (κ1) is 20.4. The number of carbonyl (C=O) groups excluding carboxylic acids is 1. The van der Waals surface area contributed by atoms with Crippen LogP contribution in [-0.4, -0.2) is 17.3 Å². The number of hydrogen-bond donors (Lipinski definition) is 1. The van der Waals surface area contributed by atoms with E-state index < -0.39 is 11.7 Å². The van der Waals surface area contributed by atoms with E-state index in [9.17, 15) is 9.18 Å². The largest absolute Gasteiger partial charge is 0.363 e. The molecule has 1 heterocycles. The average Bonchev–Trinajstić information content (AvgIpc) is 3.30. The molecule has 0 aliphatic rings. The first-order chi connectivity index (χ1) is 15.1. The number of rotatable bonds is 5. The van der Waals surface area contributed by atoms with Crippen LogP contribution in [0.1, 0.15) is 15.9 Å². The minimum absolute atomic E-state index is 0.0759. The van der Waals surface area contributed by atoms with E-state index in [0.717, 1.165) is 10.5 Å². The summed E-state index contributed by atoms with van der Waals surface area (Å²) in [5.74, 6) is -1.11. The number of nitrogens with zero attached hydrogens (tertiary/aromatic N) is 2. The Balaban J connectivity index is 1.73. The molecule has 3 aromatic carbocycles. The predicted molar refractivity (Wildman–Crippen MR) is 118 cm³/mol. The third-order valence-corrected chi connectivity index (χ3v) is 5.52. The molecule has 0 radical (unpaired) electrons. The highest BCUT2D eigenvalue weighted by atomic mass is 32.2. The second-order valence-electron chi connectivity index (χ2n) is 6.59. The van der Waals surface area contributed by atoms with Crippen LogP contribution in [0, 0.1) is 17.1 Å². The molecule has 4 aromatic rings. The lowest BCUT2D eigenvalue weighted by molar-refractivity contribution is 0.102. The number of amides is 1. The summed E-state index contributed by atoms with van der Waals surface area (Å²) in [5.41, 5.74) is 2.86. The number of nitrogens with one attached hydrogen (secondary N) is 1. The molecule has 1 aromatic heterocycles. The van der Waals surface area contributed by atoms with E-state index in [2.05, 4.69) is 16.5 Å². The topological polar surface area (TPSA) is 78.9 Å². The molecule has 0 aliphatic carbocycles. The predicted octanol–water partition coefficient (Wildman–Crippen LogP) is 5.99. The fourth-order valence-electron chi connectivity index (χ4n) is 3.27. The van der Waals surface area contributed by atoms with E-state index in [-0.39, 0.29) is 16.9 Å². The molecule has 4 rings (SSSR count). The first-order valence-corrected chi connectivity index (χ1v) is 10.5. The van der Waals surface area contributed by atoms with Crippen LogP contribution in [0.3, 0.4) is 0 Å². The summed E-state index contributed by atoms with van der Waals surface area (Å²) in [6, 6.07) is 21.0. The number of anilines is 1. The molecule has 0 aliphatic heterocycles. The molecule has 152 valence electrons. The smallest absolute Gasteiger partial charge is 0.261 e. The van der Waals surface area contributed by atoms with Gasteiger partial charge in [-0.25, -0.2) is 4.39 Å². The van der Waals surface area contributed by atoms with Gasteiger partial charge < -0.3 is 9.84 Å². The minimum atomic E-state index is -0.563. The van der Waals surface area contributed by atoms with Crippen molar-refractivity contribution in [3.63, 3.8) is 0 Å². The van der Waals surface area contributed by atoms with Gasteiger partial charge in [0.15, 0.2) is 0 Å². The maximum Gasteiger partial charge on any atom is 0.261 e. The van der Waals surface area contributed by atoms with Crippen molar-refractivity contribution < 1.29 is 13.7 Å². The highest BCUT2D eigenvalue weighted by Gasteiger charge is 2.21. The Morgan fingerprint density at radius 3 is 2.68 bits per heavy atom. The van der Waals surface area contributed by atoms with Crippen LogP contribution in [-0.2, 0) is 0 Å². The molecule has 5 nitrogen and oxygen atoms in total. The highest BCUT2D eigenvalue weighted by molar-refractivity contribution is 7.98. The molecule has 1 N–H and O–H groups in total. The molecular weight excluding hydrogens is 413 g/mol. The standard InChI is InChI=1S/C24H16FN3O2S/c1-31-21-11-3-2-8-17(21)18-9-5-10-20(25)23(18)27-24(29)19-14-30-28-22(19)16-7-4-6-15(12-16)13-26/h2-12,14H,1H3,(H,27,29). The molecule has 0 unspecified atom stereocenters. The monoisotopic (exact) mass is 429 g/mol. The second kappa shape index (κ2) is 8.86. The maximum atomic E-state index is 14.8. The zero-order valence-electron chi connectivity index (χ0n) is 16.4. The van der Waals surface area contributed by atoms with Gasteiger partial charge in [-0.3, -0.25) is 4.79 Å². The third-order valence-electron chi connectivity index (χ3n) is 4.73. The Bertz CT molecular complexity index is 1310. The number of nitriles is 1. The molecule has 7 heteroatoms. The van der Waals surface area contributed by atoms with Gasteiger partial charge in [0.1, 0.15) is 23.3 Å². The summed E-state index contributed by atoms with van der Waals surface area (Å²) in [7, 11) is 0. The number of thioether (sulfide) groups is 1. The van der Waals surface area contributed by atoms with Crippen molar-refractivity contribution in [2.75, 3.05) is 11.6 Å². The van der Waals surface area contributed by atoms with Crippen LogP contribution in [0.5, 0.6) is 0 Å². The zero-order valence-corrected chi connectivity index (χ0v) is 17.2. The zero-order chi connectivity index (χ0) is 21.8. The van der Waals surface area contributed by atoms with Gasteiger partial charge in [-0.15, -0.1) is 11.8 Å². The number of halogens is 1. The van der Waals surface area contributed by atoms with Gasteiger partial charge in [0.25, 0.3) is 5.91 Å². The van der Waals surface area contributed by atoms with E-state index in [1.54, 1.807) is 36.4 Å². The maximum absolute atomic E-state index is 14.8. The normalized spacial score (nSPS) is 10.5. The van der Waals surface area contributed by atoms with E-state index >= 15 is 0 Å². The summed E-state index contributed by atoms with van der Waals surface area (Å²) < 4.78 is 19.8. The third kappa shape index (κ3) is 4.06. The number of carbonyl (C=O) groups is 1. The summed E-state index contributed by atoms with van der Waals surface area (Å²) in [6.45, 7) is 0. The Hall–Kier alpha value is -3.89. The minimum Gasteiger partial charge on any atom is -0.363 e. The number of aromatic nitrogens is 1. The SMILES string of the molecule is CSc1ccccc1-c1cccc(F)c1NC(=O)c1conc1-c1cccc(C#N)c1. The molecule has 0 fully saturated rings. The van der Waals surface area contributed by atoms with Gasteiger partial charge in [0.2, 0.25) is 0 Å². The van der Waals surface area contributed by atoms with E-state index in [4.69, 9.17) is 9.78 Å². The number of para-hydroxylation sites is 1. The van der Waals surface area contributed by atoms with Gasteiger partial charge in [-0.1, -0.05) is 47.6 Å². The lowest BCUT2D eigenvalue weighted by atomic mass is 10.0. The molecule has 1 amide bonds. The number of hydrogen-bond acceptors (Lipinski definition) is 5. The summed E-state index contributed by atoms with van der Waals surface area (Å²) in [6.07, 6.45) is 3.15. The van der Waals surface area contributed by atoms with Gasteiger partial charge in [-0.05, 0) is 36.1 Å². The van der Waals surface area contributed by atoms with E-state index in [0.29, 0.717) is 16.7 Å². The van der Waals surface area contributed by atoms with Gasteiger partial charge in [0.05, 0.1) is 17.3 Å². The fourth-order valence-corrected chi connectivity index (χ4v) is 3.88. The van der Waals surface area contributed by atoms with Crippen LogP contribution in [0.25, 0.3) is 22.4 Å². The van der Waals surface area contributed by atoms with Crippen molar-refractivity contribution in [1.82, 2.24) is 5.16 Å². The van der Waals surface area contributed by atoms with Gasteiger partial charge in [0, 0.05) is 16.0 Å². The molecule has 0 bridgehead atoms. The van der Waals surface area contributed by atoms with Gasteiger partial charge in [-0.2, -0.15) is 5.26 Å². The van der Waals surface area contributed by atoms with Crippen LogP contribution >= 0.6 is 11.8 Å². The quantitative estimate of drug-likeness (QED) is 0.394. The van der Waals surface area contributed by atoms with E-state index in [1.807, 2.05) is 30.5 Å². The lowest BCUT2D eigenvalue weighted by Crippen LogP contribution is -2.14. The molecule has 0 spiro atoms. The molecule has 0 saturated carbocycles. The Morgan fingerprint density at radius 2 is 1.87 bits per heavy atom. The van der Waals surface area contributed by atoms with Crippen molar-refractivity contribution in [3.8, 4) is 28.5 Å². The highest BCUT2D eigenvalue weighted by Crippen LogP contribution is 2.36. The van der Waals surface area contributed by atoms with Gasteiger partial charge >= 0.3 is 0 Å². The van der Waals surface area contributed by atoms with Crippen LogP contribution < -0.4 is 5.32 Å². The summed E-state index contributed by atoms with van der Waals surface area (Å²) in [5, 5.41) is 15.7. The summed E-state index contributed by atoms with van der Waals surface area (Å²) >= 11 is 1.54. The average molecular weight is 429 g/mol. The van der Waals surface area contributed by atoms with Crippen molar-refractivity contribution in [3.05, 3.63) is 89.9 Å². The second-order valence-corrected chi connectivity index (χ2v) is 7.43. The van der Waals surface area contributed by atoms with Crippen molar-refractivity contribution in [2.24, 2.45) is 0 Å². The van der Waals surface area contributed by atoms with Crippen LogP contribution in [0.2, 0.25) is 0 Å². The number of benzene rings is 3. The Kier molecular flexibility index (Phi) is 5.83. The molecular formula is C24H16FN3O2S. The first-order valence-electron chi connectivity index (χ1n) is 9.30. The van der Waals surface area contributed by atoms with Crippen LogP contribution in [0.4, 0.5) is 10.1 Å². The molecule has 31 heavy (non-hydrogen) atoms. The lowest BCUT2D eigenvalue weighted by Gasteiger charge is -2.14. The Labute approximate surface area is 182 Å². The van der Waals surface area contributed by atoms with E-state index in [1.165, 1.54) is 24.1 Å². The molecule has 0 saturated heterocycles. The summed E-state index contributed by atoms with van der Waals surface area (Å²) in [4.78, 5) is 14.0. The van der Waals surface area contributed by atoms with Crippen molar-refractivity contribution in [1.29, 1.82) is 5.26 Å². The Morgan fingerprint density at radius 1 is 1.10 bits per heavy atom. The van der Waals surface area contributed by atoms with Crippen molar-refractivity contribution in [2.45, 2.75) is 4.90 Å².